The Kier molecular flexibility index (Phi) is 5.84. The first-order valence-corrected chi connectivity index (χ1v) is 9.66. The maximum Gasteiger partial charge on any atom is 1.00 e. The normalized spacial score (nSPS) is 11.9. The second-order valence-electron chi connectivity index (χ2n) is 7.36. The molecule has 1 aliphatic rings. The Morgan fingerprint density at radius 2 is 1.74 bits per heavy atom. The van der Waals surface area contributed by atoms with Crippen molar-refractivity contribution in [2.75, 3.05) is 7.11 Å². The van der Waals surface area contributed by atoms with E-state index in [1.54, 1.807) is 7.11 Å². The third-order valence-electron chi connectivity index (χ3n) is 5.68. The molecule has 0 unspecified atom stereocenters. The number of fused-ring (bicyclic) bond motifs is 4. The molecule has 5 rings (SSSR count). The van der Waals surface area contributed by atoms with Crippen molar-refractivity contribution in [3.63, 3.8) is 0 Å². The summed E-state index contributed by atoms with van der Waals surface area (Å²) in [5, 5.41) is 12.2. The zero-order chi connectivity index (χ0) is 20.8. The minimum absolute atomic E-state index is 0. The van der Waals surface area contributed by atoms with E-state index in [0.717, 1.165) is 28.0 Å². The Hall–Kier alpha value is -2.73. The van der Waals surface area contributed by atoms with Crippen LogP contribution in [0.3, 0.4) is 0 Å². The van der Waals surface area contributed by atoms with Gasteiger partial charge in [0.05, 0.1) is 24.3 Å². The molecule has 0 bridgehead atoms. The third kappa shape index (κ3) is 3.74. The summed E-state index contributed by atoms with van der Waals surface area (Å²) in [5.74, 6) is -0.998. The van der Waals surface area contributed by atoms with Crippen LogP contribution in [0.5, 0.6) is 5.75 Å². The summed E-state index contributed by atoms with van der Waals surface area (Å²) in [6.07, 6.45) is 1.19. The molecule has 0 aliphatic heterocycles. The van der Waals surface area contributed by atoms with Gasteiger partial charge in [0.2, 0.25) is 0 Å². The van der Waals surface area contributed by atoms with E-state index >= 15 is 0 Å². The van der Waals surface area contributed by atoms with Crippen molar-refractivity contribution in [3.8, 4) is 28.1 Å². The van der Waals surface area contributed by atoms with Crippen molar-refractivity contribution in [1.82, 2.24) is 4.98 Å². The van der Waals surface area contributed by atoms with Gasteiger partial charge in [0.15, 0.2) is 0 Å². The molecule has 0 fully saturated rings. The molecule has 0 saturated carbocycles. The van der Waals surface area contributed by atoms with Crippen LogP contribution in [0.15, 0.2) is 60.7 Å². The molecule has 4 aromatic rings. The Labute approximate surface area is 201 Å². The molecule has 0 N–H and O–H groups in total. The SMILES string of the molecule is COc1ccc(-c2ccc3c(c2)CCc2c-3nc3ccc(F)cc3c2C(=O)[O-])cc1.[Na+]. The number of aryl methyl sites for hydroxylation is 1. The number of carboxylic acids is 1. The van der Waals surface area contributed by atoms with Crippen molar-refractivity contribution in [1.29, 1.82) is 0 Å². The Bertz CT molecular complexity index is 1320. The number of hydrogen-bond acceptors (Lipinski definition) is 4. The van der Waals surface area contributed by atoms with Gasteiger partial charge in [-0.2, -0.15) is 0 Å². The van der Waals surface area contributed by atoms with Gasteiger partial charge in [0, 0.05) is 16.5 Å². The smallest absolute Gasteiger partial charge is 0.545 e. The van der Waals surface area contributed by atoms with Crippen LogP contribution in [-0.2, 0) is 12.8 Å². The molecule has 3 aromatic carbocycles. The van der Waals surface area contributed by atoms with Crippen molar-refractivity contribution < 1.29 is 48.6 Å². The van der Waals surface area contributed by atoms with E-state index in [9.17, 15) is 14.3 Å². The molecule has 6 heteroatoms. The van der Waals surface area contributed by atoms with Gasteiger partial charge < -0.3 is 14.6 Å². The van der Waals surface area contributed by atoms with Gasteiger partial charge in [0.1, 0.15) is 11.6 Å². The fourth-order valence-electron chi connectivity index (χ4n) is 4.23. The fraction of sp³-hybridized carbons (Fsp3) is 0.120. The number of aromatic carboxylic acids is 1. The van der Waals surface area contributed by atoms with Crippen molar-refractivity contribution in [3.05, 3.63) is 83.2 Å². The molecule has 0 amide bonds. The van der Waals surface area contributed by atoms with Gasteiger partial charge >= 0.3 is 29.6 Å². The predicted molar refractivity (Wildman–Crippen MR) is 111 cm³/mol. The largest absolute Gasteiger partial charge is 1.00 e. The monoisotopic (exact) mass is 421 g/mol. The van der Waals surface area contributed by atoms with E-state index in [1.165, 1.54) is 18.2 Å². The number of carboxylic acid groups (broad SMARTS) is 1. The molecule has 148 valence electrons. The minimum Gasteiger partial charge on any atom is -0.545 e. The molecule has 31 heavy (non-hydrogen) atoms. The quantitative estimate of drug-likeness (QED) is 0.466. The molecule has 0 radical (unpaired) electrons. The van der Waals surface area contributed by atoms with E-state index < -0.39 is 11.8 Å². The standard InChI is InChI=1S/C25H18FNO3.Na/c1-30-18-7-2-14(3-8-18)15-4-9-19-16(12-15)5-10-20-23(25(28)29)21-13-17(26)6-11-22(21)27-24(19)20;/h2-4,6-9,11-13H,5,10H2,1H3,(H,28,29);/q;+1/p-1. The zero-order valence-corrected chi connectivity index (χ0v) is 19.2. The summed E-state index contributed by atoms with van der Waals surface area (Å²) < 4.78 is 19.0. The van der Waals surface area contributed by atoms with Gasteiger partial charge in [0.25, 0.3) is 0 Å². The van der Waals surface area contributed by atoms with Crippen molar-refractivity contribution >= 4 is 16.9 Å². The predicted octanol–water partition coefficient (Wildman–Crippen LogP) is 1.18. The number of rotatable bonds is 3. The number of carbonyl (C=O) groups is 1. The van der Waals surface area contributed by atoms with Crippen molar-refractivity contribution in [2.45, 2.75) is 12.8 Å². The van der Waals surface area contributed by atoms with E-state index in [2.05, 4.69) is 6.07 Å². The summed E-state index contributed by atoms with van der Waals surface area (Å²) in [4.78, 5) is 16.6. The summed E-state index contributed by atoms with van der Waals surface area (Å²) in [6.45, 7) is 0. The Morgan fingerprint density at radius 1 is 1.00 bits per heavy atom. The topological polar surface area (TPSA) is 62.2 Å². The number of methoxy groups -OCH3 is 1. The first-order valence-electron chi connectivity index (χ1n) is 9.66. The van der Waals surface area contributed by atoms with Crippen LogP contribution in [0.2, 0.25) is 0 Å². The Balaban J connectivity index is 0.00000231. The molecule has 1 heterocycles. The van der Waals surface area contributed by atoms with Crippen LogP contribution >= 0.6 is 0 Å². The Morgan fingerprint density at radius 3 is 2.45 bits per heavy atom. The number of hydrogen-bond donors (Lipinski definition) is 0. The molecular weight excluding hydrogens is 404 g/mol. The number of ether oxygens (including phenoxy) is 1. The molecule has 0 spiro atoms. The third-order valence-corrected chi connectivity index (χ3v) is 5.68. The zero-order valence-electron chi connectivity index (χ0n) is 17.2. The van der Waals surface area contributed by atoms with Gasteiger partial charge in [-0.15, -0.1) is 0 Å². The molecule has 1 aromatic heterocycles. The molecule has 4 nitrogen and oxygen atoms in total. The number of pyridine rings is 1. The molecule has 0 saturated heterocycles. The van der Waals surface area contributed by atoms with Gasteiger partial charge in [-0.1, -0.05) is 30.3 Å². The molecule has 0 atom stereocenters. The van der Waals surface area contributed by atoms with Crippen molar-refractivity contribution in [2.24, 2.45) is 0 Å². The van der Waals surface area contributed by atoms with Gasteiger partial charge in [-0.05, 0) is 65.4 Å². The van der Waals surface area contributed by atoms with E-state index in [0.29, 0.717) is 29.6 Å². The maximum absolute atomic E-state index is 13.8. The van der Waals surface area contributed by atoms with Gasteiger partial charge in [-0.25, -0.2) is 9.37 Å². The number of carbonyl (C=O) groups excluding carboxylic acids is 1. The maximum atomic E-state index is 13.8. The minimum atomic E-state index is -1.30. The van der Waals surface area contributed by atoms with Crippen LogP contribution in [0.4, 0.5) is 4.39 Å². The van der Waals surface area contributed by atoms with Crippen LogP contribution in [0.25, 0.3) is 33.3 Å². The van der Waals surface area contributed by atoms with E-state index in [4.69, 9.17) is 9.72 Å². The average Bonchev–Trinajstić information content (AvgIpc) is 2.77. The number of halogens is 1. The first kappa shape index (κ1) is 21.5. The second kappa shape index (κ2) is 8.42. The van der Waals surface area contributed by atoms with Crippen LogP contribution in [-0.4, -0.2) is 18.1 Å². The van der Waals surface area contributed by atoms with Gasteiger partial charge in [-0.3, -0.25) is 0 Å². The van der Waals surface area contributed by atoms with E-state index in [1.807, 2.05) is 36.4 Å². The molecule has 1 aliphatic carbocycles. The second-order valence-corrected chi connectivity index (χ2v) is 7.36. The summed E-state index contributed by atoms with van der Waals surface area (Å²) in [6, 6.07) is 18.0. The van der Waals surface area contributed by atoms with Crippen LogP contribution < -0.4 is 39.4 Å². The molecular formula is C25H17FNNaO3. The first-order chi connectivity index (χ1) is 14.5. The number of benzene rings is 3. The summed E-state index contributed by atoms with van der Waals surface area (Å²) >= 11 is 0. The summed E-state index contributed by atoms with van der Waals surface area (Å²) in [5.41, 5.74) is 5.88. The summed E-state index contributed by atoms with van der Waals surface area (Å²) in [7, 11) is 1.64. The van der Waals surface area contributed by atoms with Crippen LogP contribution in [0, 0.1) is 5.82 Å². The fourth-order valence-corrected chi connectivity index (χ4v) is 4.23. The number of aromatic nitrogens is 1. The number of nitrogens with zero attached hydrogens (tertiary/aromatic N) is 1. The average molecular weight is 421 g/mol. The van der Waals surface area contributed by atoms with Crippen LogP contribution in [0.1, 0.15) is 21.5 Å². The van der Waals surface area contributed by atoms with E-state index in [-0.39, 0.29) is 40.5 Å².